The average Bonchev–Trinajstić information content (AvgIpc) is 4.03. The van der Waals surface area contributed by atoms with Gasteiger partial charge in [0.2, 0.25) is 0 Å². The number of fused-ring (bicyclic) bond motifs is 6. The number of hydrogen-bond donors (Lipinski definition) is 0. The van der Waals surface area contributed by atoms with Crippen LogP contribution < -0.4 is 0 Å². The van der Waals surface area contributed by atoms with E-state index in [4.69, 9.17) is 47.4 Å². The first-order valence-electron chi connectivity index (χ1n) is 23.8. The summed E-state index contributed by atoms with van der Waals surface area (Å²) in [6, 6.07) is 0. The molecule has 6 saturated carbocycles. The summed E-state index contributed by atoms with van der Waals surface area (Å²) >= 11 is 0. The standard InChI is InChI=1S/C17H24O5.C15H22O4.C14H20O4/c18-12(5-10-1-3-13-15(6-10)21-13)8-17(19)20-9-11-2-4-14-16(7-11)22-14;1-2-10-12(18-10)5-9(1)14-16-7-15(8-17-14)4-3-11-13(6-15)19-11;15-14(9-2-4-11-13(6-9)18-11)16-7-8-1-3-10-12(5-8)17-10/h10-11,13-16H,1-9H2;9-14H,1-8H2;8-13H,1-7H2. The van der Waals surface area contributed by atoms with E-state index < -0.39 is 0 Å². The van der Waals surface area contributed by atoms with Gasteiger partial charge in [-0.1, -0.05) is 0 Å². The lowest BCUT2D eigenvalue weighted by molar-refractivity contribution is -0.257. The number of Topliss-reactive ketones (excluding diaryl/α,β-unsaturated/α-hetero) is 1. The van der Waals surface area contributed by atoms with Crippen LogP contribution in [0, 0.1) is 35.0 Å². The van der Waals surface area contributed by atoms with Crippen molar-refractivity contribution in [1.29, 1.82) is 0 Å². The van der Waals surface area contributed by atoms with E-state index in [0.717, 1.165) is 103 Å². The van der Waals surface area contributed by atoms with Gasteiger partial charge in [-0.15, -0.1) is 0 Å². The molecule has 7 heterocycles. The maximum absolute atomic E-state index is 12.0. The van der Waals surface area contributed by atoms with E-state index in [0.29, 0.717) is 117 Å². The van der Waals surface area contributed by atoms with Crippen molar-refractivity contribution in [3.05, 3.63) is 0 Å². The number of rotatable bonds is 10. The van der Waals surface area contributed by atoms with E-state index in [9.17, 15) is 14.4 Å². The third-order valence-electron chi connectivity index (χ3n) is 16.3. The van der Waals surface area contributed by atoms with Gasteiger partial charge >= 0.3 is 11.9 Å². The van der Waals surface area contributed by atoms with E-state index in [1.165, 1.54) is 25.7 Å². The predicted octanol–water partition coefficient (Wildman–Crippen LogP) is 5.54. The van der Waals surface area contributed by atoms with Gasteiger partial charge in [-0.25, -0.2) is 0 Å². The number of esters is 2. The van der Waals surface area contributed by atoms with Crippen molar-refractivity contribution in [2.24, 2.45) is 35.0 Å². The molecule has 0 radical (unpaired) electrons. The van der Waals surface area contributed by atoms with Gasteiger partial charge < -0.3 is 47.4 Å². The number of carbonyl (C=O) groups is 3. The van der Waals surface area contributed by atoms with Crippen LogP contribution in [0.2, 0.25) is 0 Å². The molecule has 1 spiro atoms. The summed E-state index contributed by atoms with van der Waals surface area (Å²) in [5, 5.41) is 0. The van der Waals surface area contributed by atoms with E-state index in [-0.39, 0.29) is 41.8 Å². The van der Waals surface area contributed by atoms with Crippen LogP contribution in [0.3, 0.4) is 0 Å². The molecule has 0 aromatic heterocycles. The minimum absolute atomic E-state index is 0.00258. The lowest BCUT2D eigenvalue weighted by Gasteiger charge is -2.43. The molecule has 17 atom stereocenters. The highest BCUT2D eigenvalue weighted by Gasteiger charge is 2.54. The van der Waals surface area contributed by atoms with Gasteiger partial charge in [-0.05, 0) is 133 Å². The third-order valence-corrected chi connectivity index (χ3v) is 16.3. The van der Waals surface area contributed by atoms with Crippen LogP contribution in [-0.4, -0.2) is 124 Å². The largest absolute Gasteiger partial charge is 0.465 e. The summed E-state index contributed by atoms with van der Waals surface area (Å²) in [6.45, 7) is 2.78. The zero-order chi connectivity index (χ0) is 39.7. The van der Waals surface area contributed by atoms with Crippen molar-refractivity contribution in [3.63, 3.8) is 0 Å². The maximum Gasteiger partial charge on any atom is 0.313 e. The molecule has 0 N–H and O–H groups in total. The van der Waals surface area contributed by atoms with Crippen molar-refractivity contribution in [1.82, 2.24) is 0 Å². The first kappa shape index (κ1) is 40.1. The maximum atomic E-state index is 12.0. The van der Waals surface area contributed by atoms with E-state index in [2.05, 4.69) is 0 Å². The Morgan fingerprint density at radius 1 is 0.492 bits per heavy atom. The molecule has 328 valence electrons. The fourth-order valence-electron chi connectivity index (χ4n) is 12.1. The first-order chi connectivity index (χ1) is 28.8. The molecule has 13 fully saturated rings. The minimum Gasteiger partial charge on any atom is -0.465 e. The van der Waals surface area contributed by atoms with Crippen molar-refractivity contribution in [2.75, 3.05) is 26.4 Å². The number of carbonyl (C=O) groups excluding carboxylic acids is 3. The Morgan fingerprint density at radius 3 is 1.59 bits per heavy atom. The molecule has 6 aliphatic carbocycles. The van der Waals surface area contributed by atoms with Gasteiger partial charge in [0.05, 0.1) is 106 Å². The zero-order valence-electron chi connectivity index (χ0n) is 34.7. The molecular formula is C46H66O13. The average molecular weight is 827 g/mol. The lowest BCUT2D eigenvalue weighted by Crippen LogP contribution is -2.47. The van der Waals surface area contributed by atoms with Gasteiger partial charge in [-0.2, -0.15) is 0 Å². The van der Waals surface area contributed by atoms with E-state index >= 15 is 0 Å². The number of ketones is 1. The normalized spacial score (nSPS) is 49.7. The molecule has 59 heavy (non-hydrogen) atoms. The van der Waals surface area contributed by atoms with Crippen molar-refractivity contribution in [2.45, 2.75) is 208 Å². The highest BCUT2D eigenvalue weighted by atomic mass is 16.7. The molecule has 0 aromatic rings. The molecule has 13 aliphatic rings. The first-order valence-corrected chi connectivity index (χ1v) is 23.8. The second-order valence-electron chi connectivity index (χ2n) is 20.9. The summed E-state index contributed by atoms with van der Waals surface area (Å²) in [7, 11) is 0. The van der Waals surface area contributed by atoms with Crippen LogP contribution in [-0.2, 0) is 61.8 Å². The number of ether oxygens (including phenoxy) is 10. The zero-order valence-corrected chi connectivity index (χ0v) is 34.7. The molecule has 13 rings (SSSR count). The molecule has 17 unspecified atom stereocenters. The van der Waals surface area contributed by atoms with Crippen LogP contribution >= 0.6 is 0 Å². The van der Waals surface area contributed by atoms with Crippen LogP contribution in [0.25, 0.3) is 0 Å². The molecule has 13 nitrogen and oxygen atoms in total. The van der Waals surface area contributed by atoms with Crippen LogP contribution in [0.5, 0.6) is 0 Å². The molecule has 0 aromatic carbocycles. The summed E-state index contributed by atoms with van der Waals surface area (Å²) < 4.78 is 56.2. The smallest absolute Gasteiger partial charge is 0.313 e. The Hall–Kier alpha value is -1.71. The molecule has 0 bridgehead atoms. The Balaban J connectivity index is 0.000000101. The Labute approximate surface area is 348 Å². The predicted molar refractivity (Wildman–Crippen MR) is 207 cm³/mol. The van der Waals surface area contributed by atoms with E-state index in [1.807, 2.05) is 0 Å². The second-order valence-corrected chi connectivity index (χ2v) is 20.9. The monoisotopic (exact) mass is 826 g/mol. The summed E-state index contributed by atoms with van der Waals surface area (Å²) in [4.78, 5) is 35.8. The van der Waals surface area contributed by atoms with Gasteiger partial charge in [0.15, 0.2) is 6.29 Å². The highest BCUT2D eigenvalue weighted by molar-refractivity contribution is 5.95. The molecule has 13 heteroatoms. The number of epoxide rings is 6. The topological polar surface area (TPSA) is 163 Å². The van der Waals surface area contributed by atoms with E-state index in [1.54, 1.807) is 0 Å². The quantitative estimate of drug-likeness (QED) is 0.153. The SMILES string of the molecule is C1CC2OC2CC1C1OCC2(CCC3OC3C2)CO1.O=C(CC(=O)OCC1CCC2OC2C1)CC1CCC2OC2C1.O=C(OCC1CCC2OC2C1)C1CCC2OC2C1. The molecular weight excluding hydrogens is 760 g/mol. The Bertz CT molecular complexity index is 1550. The highest BCUT2D eigenvalue weighted by Crippen LogP contribution is 2.50. The summed E-state index contributed by atoms with van der Waals surface area (Å²) in [5.74, 6) is 1.62. The summed E-state index contributed by atoms with van der Waals surface area (Å²) in [5.41, 5.74) is 0.251. The molecule has 0 amide bonds. The van der Waals surface area contributed by atoms with Crippen molar-refractivity contribution in [3.8, 4) is 0 Å². The fraction of sp³-hybridized carbons (Fsp3) is 0.935. The molecule has 7 aliphatic heterocycles. The summed E-state index contributed by atoms with van der Waals surface area (Å²) in [6.07, 6.45) is 25.7. The van der Waals surface area contributed by atoms with Crippen LogP contribution in [0.4, 0.5) is 0 Å². The fourth-order valence-corrected chi connectivity index (χ4v) is 12.1. The van der Waals surface area contributed by atoms with Gasteiger partial charge in [0, 0.05) is 17.8 Å². The Morgan fingerprint density at radius 2 is 1.00 bits per heavy atom. The Kier molecular flexibility index (Phi) is 11.4. The molecule has 7 saturated heterocycles. The second kappa shape index (κ2) is 16.8. The van der Waals surface area contributed by atoms with Gasteiger partial charge in [-0.3, -0.25) is 14.4 Å². The van der Waals surface area contributed by atoms with Gasteiger partial charge in [0.1, 0.15) is 12.2 Å². The van der Waals surface area contributed by atoms with Crippen LogP contribution in [0.1, 0.15) is 128 Å². The minimum atomic E-state index is -0.361. The van der Waals surface area contributed by atoms with Crippen LogP contribution in [0.15, 0.2) is 0 Å². The van der Waals surface area contributed by atoms with Gasteiger partial charge in [0.25, 0.3) is 0 Å². The van der Waals surface area contributed by atoms with Crippen molar-refractivity contribution < 1.29 is 61.8 Å². The lowest BCUT2D eigenvalue weighted by atomic mass is 9.74. The number of hydrogen-bond acceptors (Lipinski definition) is 13. The van der Waals surface area contributed by atoms with Crippen molar-refractivity contribution >= 4 is 17.7 Å². The third kappa shape index (κ3) is 10.1.